The van der Waals surface area contributed by atoms with E-state index in [1.807, 2.05) is 24.3 Å². The van der Waals surface area contributed by atoms with E-state index in [2.05, 4.69) is 27.8 Å². The van der Waals surface area contributed by atoms with Crippen molar-refractivity contribution in [3.63, 3.8) is 0 Å². The minimum absolute atomic E-state index is 0. The van der Waals surface area contributed by atoms with Gasteiger partial charge < -0.3 is 16.0 Å². The first-order valence-corrected chi connectivity index (χ1v) is 10.3. The molecular formula is C21H33ClN4O2. The Hall–Kier alpha value is -1.63. The third kappa shape index (κ3) is 7.08. The molecule has 6 nitrogen and oxygen atoms in total. The van der Waals surface area contributed by atoms with Gasteiger partial charge in [0, 0.05) is 23.3 Å². The van der Waals surface area contributed by atoms with Gasteiger partial charge in [0.05, 0.1) is 6.54 Å². The van der Waals surface area contributed by atoms with Gasteiger partial charge in [0.25, 0.3) is 0 Å². The van der Waals surface area contributed by atoms with Gasteiger partial charge in [0.15, 0.2) is 0 Å². The minimum Gasteiger partial charge on any atom is -0.326 e. The van der Waals surface area contributed by atoms with E-state index in [9.17, 15) is 9.59 Å². The zero-order valence-electron chi connectivity index (χ0n) is 16.7. The first-order chi connectivity index (χ1) is 13.1. The quantitative estimate of drug-likeness (QED) is 0.699. The zero-order valence-corrected chi connectivity index (χ0v) is 17.5. The molecule has 2 fully saturated rings. The lowest BCUT2D eigenvalue weighted by atomic mass is 9.92. The maximum atomic E-state index is 12.5. The highest BCUT2D eigenvalue weighted by Crippen LogP contribution is 2.20. The molecular weight excluding hydrogens is 376 g/mol. The minimum atomic E-state index is 0. The van der Waals surface area contributed by atoms with Crippen molar-refractivity contribution in [3.05, 3.63) is 24.3 Å². The fourth-order valence-corrected chi connectivity index (χ4v) is 3.99. The number of nitrogens with one attached hydrogen (secondary N) is 3. The average Bonchev–Trinajstić information content (AvgIpc) is 2.90. The van der Waals surface area contributed by atoms with E-state index in [0.717, 1.165) is 43.9 Å². The van der Waals surface area contributed by atoms with Gasteiger partial charge in [-0.1, -0.05) is 18.9 Å². The van der Waals surface area contributed by atoms with Crippen LogP contribution in [-0.4, -0.2) is 48.9 Å². The number of amides is 2. The van der Waals surface area contributed by atoms with E-state index in [-0.39, 0.29) is 30.1 Å². The van der Waals surface area contributed by atoms with Gasteiger partial charge in [-0.3, -0.25) is 14.5 Å². The van der Waals surface area contributed by atoms with Gasteiger partial charge >= 0.3 is 0 Å². The van der Waals surface area contributed by atoms with Crippen molar-refractivity contribution in [3.8, 4) is 0 Å². The van der Waals surface area contributed by atoms with E-state index in [1.54, 1.807) is 0 Å². The molecule has 2 atom stereocenters. The number of rotatable bonds is 5. The fraction of sp³-hybridized carbons (Fsp3) is 0.619. The number of hydrogen-bond donors (Lipinski definition) is 3. The molecule has 3 rings (SSSR count). The third-order valence-electron chi connectivity index (χ3n) is 5.47. The van der Waals surface area contributed by atoms with Crippen molar-refractivity contribution in [1.82, 2.24) is 10.2 Å². The summed E-state index contributed by atoms with van der Waals surface area (Å²) in [6.45, 7) is 5.42. The molecule has 2 saturated heterocycles. The van der Waals surface area contributed by atoms with Crippen molar-refractivity contribution < 1.29 is 9.59 Å². The number of hydrogen-bond acceptors (Lipinski definition) is 4. The van der Waals surface area contributed by atoms with Gasteiger partial charge in [-0.15, -0.1) is 12.4 Å². The maximum Gasteiger partial charge on any atom is 0.238 e. The summed E-state index contributed by atoms with van der Waals surface area (Å²) < 4.78 is 0. The van der Waals surface area contributed by atoms with Crippen LogP contribution in [0.25, 0.3) is 0 Å². The SMILES string of the molecule is C[C@H]1C[C@@H](C(=O)Nc2cccc(NC(=O)CN3CCCCCC3)c2)CCN1.Cl. The van der Waals surface area contributed by atoms with Crippen LogP contribution in [0.2, 0.25) is 0 Å². The monoisotopic (exact) mass is 408 g/mol. The van der Waals surface area contributed by atoms with Crippen LogP contribution in [-0.2, 0) is 9.59 Å². The Morgan fingerprint density at radius 3 is 2.46 bits per heavy atom. The molecule has 0 radical (unpaired) electrons. The second-order valence-corrected chi connectivity index (χ2v) is 7.89. The Bertz CT molecular complexity index is 647. The molecule has 1 aromatic rings. The highest BCUT2D eigenvalue weighted by molar-refractivity contribution is 5.95. The lowest BCUT2D eigenvalue weighted by molar-refractivity contribution is -0.121. The summed E-state index contributed by atoms with van der Waals surface area (Å²) >= 11 is 0. The number of carbonyl (C=O) groups is 2. The summed E-state index contributed by atoms with van der Waals surface area (Å²) in [5.41, 5.74) is 1.46. The molecule has 0 bridgehead atoms. The number of carbonyl (C=O) groups excluding carboxylic acids is 2. The molecule has 2 amide bonds. The molecule has 0 unspecified atom stereocenters. The molecule has 0 aromatic heterocycles. The van der Waals surface area contributed by atoms with Gasteiger partial charge in [0.1, 0.15) is 0 Å². The van der Waals surface area contributed by atoms with Gasteiger partial charge in [-0.2, -0.15) is 0 Å². The van der Waals surface area contributed by atoms with E-state index in [1.165, 1.54) is 25.7 Å². The summed E-state index contributed by atoms with van der Waals surface area (Å²) in [4.78, 5) is 27.1. The van der Waals surface area contributed by atoms with Crippen molar-refractivity contribution in [2.45, 2.75) is 51.5 Å². The van der Waals surface area contributed by atoms with Crippen LogP contribution in [0.1, 0.15) is 45.4 Å². The highest BCUT2D eigenvalue weighted by atomic mass is 35.5. The Morgan fingerprint density at radius 1 is 1.11 bits per heavy atom. The van der Waals surface area contributed by atoms with E-state index in [4.69, 9.17) is 0 Å². The molecule has 2 aliphatic heterocycles. The Morgan fingerprint density at radius 2 is 1.79 bits per heavy atom. The average molecular weight is 409 g/mol. The standard InChI is InChI=1S/C21H32N4O2.ClH/c1-16-13-17(9-10-22-16)21(27)24-19-8-6-7-18(14-19)23-20(26)15-25-11-4-2-3-5-12-25;/h6-8,14,16-17,22H,2-5,9-13,15H2,1H3,(H,23,26)(H,24,27);1H/t16-,17-;/m0./s1. The number of likely N-dealkylation sites (tertiary alicyclic amines) is 1. The summed E-state index contributed by atoms with van der Waals surface area (Å²) in [5, 5.41) is 9.34. The first-order valence-electron chi connectivity index (χ1n) is 10.3. The van der Waals surface area contributed by atoms with Crippen LogP contribution >= 0.6 is 12.4 Å². The van der Waals surface area contributed by atoms with Crippen molar-refractivity contribution >= 4 is 35.6 Å². The smallest absolute Gasteiger partial charge is 0.238 e. The third-order valence-corrected chi connectivity index (χ3v) is 5.47. The molecule has 2 heterocycles. The largest absolute Gasteiger partial charge is 0.326 e. The van der Waals surface area contributed by atoms with E-state index >= 15 is 0 Å². The molecule has 156 valence electrons. The fourth-order valence-electron chi connectivity index (χ4n) is 3.99. The molecule has 1 aromatic carbocycles. The number of halogens is 1. The van der Waals surface area contributed by atoms with Crippen LogP contribution in [0, 0.1) is 5.92 Å². The number of piperidine rings is 1. The van der Waals surface area contributed by atoms with Crippen LogP contribution in [0.3, 0.4) is 0 Å². The van der Waals surface area contributed by atoms with Crippen LogP contribution in [0.4, 0.5) is 11.4 Å². The second kappa shape index (κ2) is 11.4. The molecule has 2 aliphatic rings. The first kappa shape index (κ1) is 22.7. The number of benzene rings is 1. The summed E-state index contributed by atoms with van der Waals surface area (Å²) in [6, 6.07) is 7.81. The maximum absolute atomic E-state index is 12.5. The van der Waals surface area contributed by atoms with Gasteiger partial charge in [-0.25, -0.2) is 0 Å². The van der Waals surface area contributed by atoms with Crippen molar-refractivity contribution in [2.24, 2.45) is 5.92 Å². The molecule has 0 aliphatic carbocycles. The van der Waals surface area contributed by atoms with Gasteiger partial charge in [0.2, 0.25) is 11.8 Å². The summed E-state index contributed by atoms with van der Waals surface area (Å²) in [6.07, 6.45) is 6.58. The van der Waals surface area contributed by atoms with Crippen LogP contribution < -0.4 is 16.0 Å². The van der Waals surface area contributed by atoms with Crippen molar-refractivity contribution in [2.75, 3.05) is 36.8 Å². The predicted octanol–water partition coefficient (Wildman–Crippen LogP) is 3.25. The zero-order chi connectivity index (χ0) is 19.1. The van der Waals surface area contributed by atoms with Crippen molar-refractivity contribution in [1.29, 1.82) is 0 Å². The topological polar surface area (TPSA) is 73.5 Å². The molecule has 28 heavy (non-hydrogen) atoms. The van der Waals surface area contributed by atoms with Gasteiger partial charge in [-0.05, 0) is 70.4 Å². The normalized spacial score (nSPS) is 23.2. The predicted molar refractivity (Wildman–Crippen MR) is 116 cm³/mol. The molecule has 7 heteroatoms. The second-order valence-electron chi connectivity index (χ2n) is 7.89. The Labute approximate surface area is 174 Å². The highest BCUT2D eigenvalue weighted by Gasteiger charge is 2.24. The molecule has 0 saturated carbocycles. The Kier molecular flexibility index (Phi) is 9.22. The van der Waals surface area contributed by atoms with Crippen LogP contribution in [0.15, 0.2) is 24.3 Å². The summed E-state index contributed by atoms with van der Waals surface area (Å²) in [7, 11) is 0. The molecule has 0 spiro atoms. The lowest BCUT2D eigenvalue weighted by Crippen LogP contribution is -2.40. The number of anilines is 2. The summed E-state index contributed by atoms with van der Waals surface area (Å²) in [5.74, 6) is 0.117. The van der Waals surface area contributed by atoms with E-state index < -0.39 is 0 Å². The Balaban J connectivity index is 0.00000280. The lowest BCUT2D eigenvalue weighted by Gasteiger charge is -2.27. The molecule has 3 N–H and O–H groups in total. The number of nitrogens with zero attached hydrogens (tertiary/aromatic N) is 1. The van der Waals surface area contributed by atoms with Crippen LogP contribution in [0.5, 0.6) is 0 Å². The van der Waals surface area contributed by atoms with E-state index in [0.29, 0.717) is 12.6 Å².